The molecule has 1 aromatic rings. The monoisotopic (exact) mass is 265 g/mol. The number of pyridine rings is 1. The smallest absolute Gasteiger partial charge is 0.336 e. The minimum Gasteiger partial charge on any atom is -0.479 e. The molecule has 1 aliphatic rings. The Morgan fingerprint density at radius 2 is 2.05 bits per heavy atom. The Kier molecular flexibility index (Phi) is 4.01. The molecule has 0 spiro atoms. The maximum absolute atomic E-state index is 10.9. The second-order valence-electron chi connectivity index (χ2n) is 5.03. The van der Waals surface area contributed by atoms with Crippen LogP contribution in [-0.4, -0.2) is 64.4 Å². The summed E-state index contributed by atoms with van der Waals surface area (Å²) in [7, 11) is 0. The lowest BCUT2D eigenvalue weighted by Crippen LogP contribution is -2.53. The molecule has 1 atom stereocenters. The van der Waals surface area contributed by atoms with Gasteiger partial charge in [0, 0.05) is 38.9 Å². The molecule has 0 saturated carbocycles. The minimum atomic E-state index is -1.69. The van der Waals surface area contributed by atoms with Crippen LogP contribution in [0.2, 0.25) is 0 Å². The summed E-state index contributed by atoms with van der Waals surface area (Å²) in [5.74, 6) is -0.244. The fourth-order valence-electron chi connectivity index (χ4n) is 2.18. The summed E-state index contributed by atoms with van der Waals surface area (Å²) < 4.78 is 0. The minimum absolute atomic E-state index is 0.151. The average molecular weight is 265 g/mol. The molecule has 1 unspecified atom stereocenters. The van der Waals surface area contributed by atoms with Crippen molar-refractivity contribution in [3.63, 3.8) is 0 Å². The molecule has 1 aromatic heterocycles. The van der Waals surface area contributed by atoms with Crippen molar-refractivity contribution >= 4 is 11.8 Å². The number of hydrogen-bond acceptors (Lipinski definition) is 5. The van der Waals surface area contributed by atoms with Crippen LogP contribution in [0.3, 0.4) is 0 Å². The van der Waals surface area contributed by atoms with Crippen LogP contribution >= 0.6 is 0 Å². The number of hydrogen-bond donors (Lipinski definition) is 2. The Morgan fingerprint density at radius 3 is 2.58 bits per heavy atom. The van der Waals surface area contributed by atoms with Crippen LogP contribution in [0.4, 0.5) is 5.82 Å². The molecule has 1 aliphatic heterocycles. The summed E-state index contributed by atoms with van der Waals surface area (Å²) in [6.45, 7) is 4.50. The van der Waals surface area contributed by atoms with Crippen molar-refractivity contribution in [2.45, 2.75) is 12.5 Å². The van der Waals surface area contributed by atoms with Crippen LogP contribution in [0.1, 0.15) is 6.92 Å². The van der Waals surface area contributed by atoms with E-state index < -0.39 is 11.6 Å². The van der Waals surface area contributed by atoms with E-state index in [9.17, 15) is 9.90 Å². The van der Waals surface area contributed by atoms with Crippen LogP contribution in [0, 0.1) is 0 Å². The highest BCUT2D eigenvalue weighted by atomic mass is 16.4. The lowest BCUT2D eigenvalue weighted by molar-refractivity contribution is -0.158. The second kappa shape index (κ2) is 5.54. The van der Waals surface area contributed by atoms with Gasteiger partial charge in [-0.15, -0.1) is 0 Å². The summed E-state index contributed by atoms with van der Waals surface area (Å²) >= 11 is 0. The van der Waals surface area contributed by atoms with Crippen LogP contribution in [0.25, 0.3) is 0 Å². The molecule has 6 nitrogen and oxygen atoms in total. The van der Waals surface area contributed by atoms with Gasteiger partial charge in [-0.1, -0.05) is 6.07 Å². The largest absolute Gasteiger partial charge is 0.479 e. The van der Waals surface area contributed by atoms with Crippen LogP contribution in [-0.2, 0) is 4.79 Å². The second-order valence-corrected chi connectivity index (χ2v) is 5.03. The first-order valence-corrected chi connectivity index (χ1v) is 6.33. The zero-order chi connectivity index (χ0) is 13.9. The Labute approximate surface area is 112 Å². The van der Waals surface area contributed by atoms with E-state index in [1.165, 1.54) is 6.92 Å². The number of aromatic nitrogens is 1. The number of rotatable bonds is 4. The van der Waals surface area contributed by atoms with Gasteiger partial charge in [0.25, 0.3) is 0 Å². The van der Waals surface area contributed by atoms with E-state index in [1.807, 2.05) is 23.1 Å². The van der Waals surface area contributed by atoms with E-state index in [0.717, 1.165) is 32.0 Å². The van der Waals surface area contributed by atoms with Gasteiger partial charge in [-0.2, -0.15) is 0 Å². The van der Waals surface area contributed by atoms with E-state index in [0.29, 0.717) is 0 Å². The molecular weight excluding hydrogens is 246 g/mol. The zero-order valence-corrected chi connectivity index (χ0v) is 11.0. The van der Waals surface area contributed by atoms with Gasteiger partial charge in [0.1, 0.15) is 5.82 Å². The number of anilines is 1. The Morgan fingerprint density at radius 1 is 1.37 bits per heavy atom. The quantitative estimate of drug-likeness (QED) is 0.800. The standard InChI is InChI=1S/C13H19N3O3/c1-13(19,12(17)18)10-15-6-8-16(9-7-15)11-4-2-3-5-14-11/h2-5,19H,6-10H2,1H3,(H,17,18). The van der Waals surface area contributed by atoms with E-state index >= 15 is 0 Å². The van der Waals surface area contributed by atoms with Gasteiger partial charge in [-0.25, -0.2) is 9.78 Å². The van der Waals surface area contributed by atoms with Gasteiger partial charge in [0.05, 0.1) is 0 Å². The number of aliphatic carboxylic acids is 1. The summed E-state index contributed by atoms with van der Waals surface area (Å²) in [5.41, 5.74) is -1.69. The van der Waals surface area contributed by atoms with Gasteiger partial charge in [0.15, 0.2) is 5.60 Å². The molecule has 0 aromatic carbocycles. The van der Waals surface area contributed by atoms with Gasteiger partial charge in [0.2, 0.25) is 0 Å². The van der Waals surface area contributed by atoms with E-state index in [-0.39, 0.29) is 6.54 Å². The first-order valence-electron chi connectivity index (χ1n) is 6.33. The van der Waals surface area contributed by atoms with Crippen molar-refractivity contribution in [1.29, 1.82) is 0 Å². The molecule has 2 heterocycles. The number of nitrogens with zero attached hydrogens (tertiary/aromatic N) is 3. The molecule has 0 amide bonds. The Bertz CT molecular complexity index is 428. The van der Waals surface area contributed by atoms with E-state index in [4.69, 9.17) is 5.11 Å². The fourth-order valence-corrected chi connectivity index (χ4v) is 2.18. The van der Waals surface area contributed by atoms with Crippen molar-refractivity contribution < 1.29 is 15.0 Å². The normalized spacial score (nSPS) is 20.0. The molecule has 6 heteroatoms. The molecule has 19 heavy (non-hydrogen) atoms. The van der Waals surface area contributed by atoms with Gasteiger partial charge in [-0.3, -0.25) is 4.90 Å². The summed E-state index contributed by atoms with van der Waals surface area (Å²) in [5, 5.41) is 18.7. The summed E-state index contributed by atoms with van der Waals surface area (Å²) in [4.78, 5) is 19.3. The molecule has 0 aliphatic carbocycles. The number of piperazine rings is 1. The molecule has 1 saturated heterocycles. The Balaban J connectivity index is 1.88. The van der Waals surface area contributed by atoms with Gasteiger partial charge >= 0.3 is 5.97 Å². The number of β-amino-alcohol motifs (C(OH)–C–C–N with tert-alkyl or cyclic N) is 1. The third-order valence-corrected chi connectivity index (χ3v) is 3.34. The Hall–Kier alpha value is -1.66. The molecular formula is C13H19N3O3. The zero-order valence-electron chi connectivity index (χ0n) is 11.0. The molecule has 0 radical (unpaired) electrons. The number of aliphatic hydroxyl groups is 1. The van der Waals surface area contributed by atoms with Crippen LogP contribution in [0.5, 0.6) is 0 Å². The van der Waals surface area contributed by atoms with Gasteiger partial charge in [-0.05, 0) is 19.1 Å². The van der Waals surface area contributed by atoms with Crippen molar-refractivity contribution in [2.24, 2.45) is 0 Å². The molecule has 2 rings (SSSR count). The lowest BCUT2D eigenvalue weighted by atomic mass is 10.1. The lowest BCUT2D eigenvalue weighted by Gasteiger charge is -2.37. The van der Waals surface area contributed by atoms with Gasteiger partial charge < -0.3 is 15.1 Å². The highest BCUT2D eigenvalue weighted by Gasteiger charge is 2.33. The molecule has 2 N–H and O–H groups in total. The first kappa shape index (κ1) is 13.8. The molecule has 104 valence electrons. The predicted octanol–water partition coefficient (Wildman–Crippen LogP) is 0.0392. The average Bonchev–Trinajstić information content (AvgIpc) is 2.40. The topological polar surface area (TPSA) is 76.9 Å². The van der Waals surface area contributed by atoms with Crippen LogP contribution in [0.15, 0.2) is 24.4 Å². The fraction of sp³-hybridized carbons (Fsp3) is 0.538. The third kappa shape index (κ3) is 3.42. The van der Waals surface area contributed by atoms with Crippen molar-refractivity contribution in [2.75, 3.05) is 37.6 Å². The summed E-state index contributed by atoms with van der Waals surface area (Å²) in [6, 6.07) is 5.79. The third-order valence-electron chi connectivity index (χ3n) is 3.34. The maximum Gasteiger partial charge on any atom is 0.336 e. The molecule has 1 fully saturated rings. The highest BCUT2D eigenvalue weighted by molar-refractivity contribution is 5.76. The summed E-state index contributed by atoms with van der Waals surface area (Å²) in [6.07, 6.45) is 1.76. The van der Waals surface area contributed by atoms with Crippen molar-refractivity contribution in [3.05, 3.63) is 24.4 Å². The number of carboxylic acid groups (broad SMARTS) is 1. The highest BCUT2D eigenvalue weighted by Crippen LogP contribution is 2.14. The van der Waals surface area contributed by atoms with Crippen molar-refractivity contribution in [1.82, 2.24) is 9.88 Å². The number of carbonyl (C=O) groups is 1. The number of carboxylic acids is 1. The molecule has 0 bridgehead atoms. The van der Waals surface area contributed by atoms with E-state index in [1.54, 1.807) is 6.20 Å². The SMILES string of the molecule is CC(O)(CN1CCN(c2ccccn2)CC1)C(=O)O. The predicted molar refractivity (Wildman–Crippen MR) is 71.1 cm³/mol. The van der Waals surface area contributed by atoms with E-state index in [2.05, 4.69) is 9.88 Å². The maximum atomic E-state index is 10.9. The van der Waals surface area contributed by atoms with Crippen LogP contribution < -0.4 is 4.90 Å². The van der Waals surface area contributed by atoms with Crippen molar-refractivity contribution in [3.8, 4) is 0 Å². The first-order chi connectivity index (χ1) is 8.99.